The molecule has 0 aliphatic carbocycles. The van der Waals surface area contributed by atoms with Crippen LogP contribution in [0.4, 0.5) is 0 Å². The number of amides is 1. The summed E-state index contributed by atoms with van der Waals surface area (Å²) >= 11 is 3.38. The summed E-state index contributed by atoms with van der Waals surface area (Å²) in [5.41, 5.74) is 6.93. The van der Waals surface area contributed by atoms with Gasteiger partial charge in [0.1, 0.15) is 5.84 Å². The van der Waals surface area contributed by atoms with Crippen LogP contribution >= 0.6 is 15.9 Å². The van der Waals surface area contributed by atoms with Gasteiger partial charge < -0.3 is 16.3 Å². The molecule has 18 heavy (non-hydrogen) atoms. The van der Waals surface area contributed by atoms with Gasteiger partial charge in [-0.1, -0.05) is 34.1 Å². The monoisotopic (exact) mass is 313 g/mol. The highest BCUT2D eigenvalue weighted by Crippen LogP contribution is 2.19. The van der Waals surface area contributed by atoms with Crippen LogP contribution in [0.25, 0.3) is 0 Å². The second kappa shape index (κ2) is 6.39. The third-order valence-corrected chi connectivity index (χ3v) is 3.56. The molecule has 0 aliphatic rings. The Bertz CT molecular complexity index is 474. The second-order valence-corrected chi connectivity index (χ2v) is 4.90. The van der Waals surface area contributed by atoms with Crippen LogP contribution < -0.4 is 11.1 Å². The molecular formula is C12H16BrN3O2. The van der Waals surface area contributed by atoms with Crippen LogP contribution in [0.5, 0.6) is 0 Å². The highest BCUT2D eigenvalue weighted by atomic mass is 79.9. The van der Waals surface area contributed by atoms with E-state index >= 15 is 0 Å². The third-order valence-electron chi connectivity index (χ3n) is 2.70. The first-order valence-electron chi connectivity index (χ1n) is 5.48. The van der Waals surface area contributed by atoms with Gasteiger partial charge in [-0.05, 0) is 24.6 Å². The van der Waals surface area contributed by atoms with Crippen LogP contribution in [0, 0.1) is 12.8 Å². The van der Waals surface area contributed by atoms with E-state index in [1.807, 2.05) is 13.0 Å². The number of hydrogen-bond acceptors (Lipinski definition) is 3. The SMILES string of the molecule is Cc1c(Br)cccc1C(=O)NCC(C)C(N)=NO. The Labute approximate surface area is 114 Å². The van der Waals surface area contributed by atoms with E-state index in [9.17, 15) is 4.79 Å². The molecule has 6 heteroatoms. The number of halogens is 1. The number of amidine groups is 1. The average Bonchev–Trinajstić information content (AvgIpc) is 2.37. The third kappa shape index (κ3) is 3.46. The number of rotatable bonds is 4. The molecule has 98 valence electrons. The second-order valence-electron chi connectivity index (χ2n) is 4.05. The molecule has 5 nitrogen and oxygen atoms in total. The molecule has 0 aliphatic heterocycles. The molecule has 0 heterocycles. The maximum atomic E-state index is 12.0. The molecule has 0 spiro atoms. The van der Waals surface area contributed by atoms with E-state index in [2.05, 4.69) is 26.4 Å². The lowest BCUT2D eigenvalue weighted by Crippen LogP contribution is -2.34. The van der Waals surface area contributed by atoms with Crippen molar-refractivity contribution in [3.05, 3.63) is 33.8 Å². The molecule has 0 saturated heterocycles. The predicted molar refractivity (Wildman–Crippen MR) is 73.8 cm³/mol. The molecule has 0 radical (unpaired) electrons. The highest BCUT2D eigenvalue weighted by Gasteiger charge is 2.13. The number of benzene rings is 1. The fourth-order valence-corrected chi connectivity index (χ4v) is 1.76. The Morgan fingerprint density at radius 3 is 2.89 bits per heavy atom. The van der Waals surface area contributed by atoms with Gasteiger partial charge in [-0.3, -0.25) is 4.79 Å². The molecule has 1 amide bonds. The van der Waals surface area contributed by atoms with Crippen LogP contribution in [0.15, 0.2) is 27.8 Å². The van der Waals surface area contributed by atoms with Gasteiger partial charge in [0.05, 0.1) is 0 Å². The Morgan fingerprint density at radius 2 is 2.28 bits per heavy atom. The van der Waals surface area contributed by atoms with Crippen LogP contribution in [-0.4, -0.2) is 23.5 Å². The maximum Gasteiger partial charge on any atom is 0.251 e. The van der Waals surface area contributed by atoms with E-state index < -0.39 is 0 Å². The summed E-state index contributed by atoms with van der Waals surface area (Å²) in [5, 5.41) is 14.2. The number of nitrogens with one attached hydrogen (secondary N) is 1. The van der Waals surface area contributed by atoms with Crippen LogP contribution in [0.3, 0.4) is 0 Å². The first kappa shape index (κ1) is 14.5. The summed E-state index contributed by atoms with van der Waals surface area (Å²) in [4.78, 5) is 12.0. The van der Waals surface area contributed by atoms with E-state index in [1.165, 1.54) is 0 Å². The van der Waals surface area contributed by atoms with Gasteiger partial charge in [-0.25, -0.2) is 0 Å². The quantitative estimate of drug-likeness (QED) is 0.343. The van der Waals surface area contributed by atoms with E-state index in [1.54, 1.807) is 19.1 Å². The van der Waals surface area contributed by atoms with Crippen molar-refractivity contribution in [2.24, 2.45) is 16.8 Å². The van der Waals surface area contributed by atoms with Crippen molar-refractivity contribution in [2.75, 3.05) is 6.54 Å². The first-order valence-corrected chi connectivity index (χ1v) is 6.27. The summed E-state index contributed by atoms with van der Waals surface area (Å²) < 4.78 is 0.889. The average molecular weight is 314 g/mol. The van der Waals surface area contributed by atoms with Gasteiger partial charge in [0.25, 0.3) is 5.91 Å². The largest absolute Gasteiger partial charge is 0.409 e. The number of carbonyl (C=O) groups excluding carboxylic acids is 1. The van der Waals surface area contributed by atoms with Gasteiger partial charge in [0, 0.05) is 22.5 Å². The van der Waals surface area contributed by atoms with Crippen molar-refractivity contribution in [1.82, 2.24) is 5.32 Å². The van der Waals surface area contributed by atoms with Crippen molar-refractivity contribution in [2.45, 2.75) is 13.8 Å². The molecule has 0 saturated carbocycles. The molecule has 0 aromatic heterocycles. The van der Waals surface area contributed by atoms with Gasteiger partial charge in [0.2, 0.25) is 0 Å². The van der Waals surface area contributed by atoms with E-state index in [-0.39, 0.29) is 17.7 Å². The van der Waals surface area contributed by atoms with Gasteiger partial charge in [0.15, 0.2) is 0 Å². The number of nitrogens with zero attached hydrogens (tertiary/aromatic N) is 1. The zero-order valence-corrected chi connectivity index (χ0v) is 11.9. The van der Waals surface area contributed by atoms with Crippen LogP contribution in [-0.2, 0) is 0 Å². The summed E-state index contributed by atoms with van der Waals surface area (Å²) in [5.74, 6) is -0.293. The molecule has 0 fully saturated rings. The predicted octanol–water partition coefficient (Wildman–Crippen LogP) is 1.87. The van der Waals surface area contributed by atoms with E-state index in [0.717, 1.165) is 10.0 Å². The first-order chi connectivity index (χ1) is 8.47. The minimum atomic E-state index is -0.216. The van der Waals surface area contributed by atoms with E-state index in [4.69, 9.17) is 10.9 Å². The summed E-state index contributed by atoms with van der Waals surface area (Å²) in [6.45, 7) is 3.95. The molecule has 1 atom stereocenters. The van der Waals surface area contributed by atoms with Gasteiger partial charge in [-0.2, -0.15) is 0 Å². The minimum absolute atomic E-state index is 0.0984. The van der Waals surface area contributed by atoms with Crippen molar-refractivity contribution in [3.63, 3.8) is 0 Å². The number of hydrogen-bond donors (Lipinski definition) is 3. The topological polar surface area (TPSA) is 87.7 Å². The van der Waals surface area contributed by atoms with Crippen molar-refractivity contribution < 1.29 is 10.0 Å². The molecule has 4 N–H and O–H groups in total. The number of oxime groups is 1. The highest BCUT2D eigenvalue weighted by molar-refractivity contribution is 9.10. The number of nitrogens with two attached hydrogens (primary N) is 1. The maximum absolute atomic E-state index is 12.0. The van der Waals surface area contributed by atoms with Gasteiger partial charge >= 0.3 is 0 Å². The van der Waals surface area contributed by atoms with Crippen molar-refractivity contribution in [1.29, 1.82) is 0 Å². The molecular weight excluding hydrogens is 298 g/mol. The Kier molecular flexibility index (Phi) is 5.15. The fourth-order valence-electron chi connectivity index (χ4n) is 1.40. The Hall–Kier alpha value is -1.56. The zero-order valence-electron chi connectivity index (χ0n) is 10.3. The smallest absolute Gasteiger partial charge is 0.251 e. The minimum Gasteiger partial charge on any atom is -0.409 e. The zero-order chi connectivity index (χ0) is 13.7. The standard InChI is InChI=1S/C12H16BrN3O2/c1-7(11(14)16-18)6-15-12(17)9-4-3-5-10(13)8(9)2/h3-5,7,18H,6H2,1-2H3,(H2,14,16)(H,15,17). The summed E-state index contributed by atoms with van der Waals surface area (Å²) in [6.07, 6.45) is 0. The summed E-state index contributed by atoms with van der Waals surface area (Å²) in [7, 11) is 0. The Balaban J connectivity index is 2.69. The Morgan fingerprint density at radius 1 is 1.61 bits per heavy atom. The summed E-state index contributed by atoms with van der Waals surface area (Å²) in [6, 6.07) is 5.44. The normalized spacial score (nSPS) is 13.2. The molecule has 0 bridgehead atoms. The fraction of sp³-hybridized carbons (Fsp3) is 0.333. The van der Waals surface area contributed by atoms with Crippen molar-refractivity contribution >= 4 is 27.7 Å². The molecule has 1 aromatic rings. The van der Waals surface area contributed by atoms with Gasteiger partial charge in [-0.15, -0.1) is 0 Å². The lowest BCUT2D eigenvalue weighted by molar-refractivity contribution is 0.0950. The lowest BCUT2D eigenvalue weighted by atomic mass is 10.1. The molecule has 1 aromatic carbocycles. The molecule has 1 unspecified atom stereocenters. The lowest BCUT2D eigenvalue weighted by Gasteiger charge is -2.12. The van der Waals surface area contributed by atoms with Crippen LogP contribution in [0.2, 0.25) is 0 Å². The molecule has 1 rings (SSSR count). The van der Waals surface area contributed by atoms with Crippen molar-refractivity contribution in [3.8, 4) is 0 Å². The number of carbonyl (C=O) groups is 1. The van der Waals surface area contributed by atoms with Crippen LogP contribution in [0.1, 0.15) is 22.8 Å². The van der Waals surface area contributed by atoms with E-state index in [0.29, 0.717) is 12.1 Å².